The summed E-state index contributed by atoms with van der Waals surface area (Å²) >= 11 is 0. The fourth-order valence-electron chi connectivity index (χ4n) is 4.83. The lowest BCUT2D eigenvalue weighted by Crippen LogP contribution is -2.13. The summed E-state index contributed by atoms with van der Waals surface area (Å²) in [5.74, 6) is 3.92. The Morgan fingerprint density at radius 2 is 1.47 bits per heavy atom. The zero-order chi connectivity index (χ0) is 22.5. The van der Waals surface area contributed by atoms with Crippen molar-refractivity contribution in [3.05, 3.63) is 82.7 Å². The second-order valence-corrected chi connectivity index (χ2v) is 9.01. The lowest BCUT2D eigenvalue weighted by atomic mass is 9.77. The zero-order valence-electron chi connectivity index (χ0n) is 18.6. The number of fused-ring (bicyclic) bond motifs is 1. The molecule has 3 heteroatoms. The number of rotatable bonds is 5. The van der Waals surface area contributed by atoms with E-state index >= 15 is 0 Å². The Bertz CT molecular complexity index is 1130. The van der Waals surface area contributed by atoms with E-state index in [1.165, 1.54) is 63.0 Å². The maximum absolute atomic E-state index is 13.9. The smallest absolute Gasteiger partial charge is 0.195 e. The largest absolute Gasteiger partial charge is 0.204 e. The van der Waals surface area contributed by atoms with Crippen LogP contribution in [-0.2, 0) is 0 Å². The molecule has 0 aliphatic heterocycles. The average molecular weight is 435 g/mol. The number of unbranched alkanes of at least 4 members (excludes halogenated alkanes) is 2. The SMILES string of the molecule is CCCCCC1CCC(c2ccc(C#Cc3ccc4c(F)c(F)c(F)cc4c3)cc2)CC1. The van der Waals surface area contributed by atoms with E-state index in [1.54, 1.807) is 12.1 Å². The molecule has 1 fully saturated rings. The minimum Gasteiger partial charge on any atom is -0.204 e. The Labute approximate surface area is 188 Å². The van der Waals surface area contributed by atoms with E-state index in [1.807, 2.05) is 12.1 Å². The van der Waals surface area contributed by atoms with Crippen molar-refractivity contribution in [2.75, 3.05) is 0 Å². The highest BCUT2D eigenvalue weighted by Crippen LogP contribution is 2.37. The lowest BCUT2D eigenvalue weighted by molar-refractivity contribution is 0.303. The Kier molecular flexibility index (Phi) is 7.20. The van der Waals surface area contributed by atoms with Crippen LogP contribution in [0.3, 0.4) is 0 Å². The molecule has 0 nitrogen and oxygen atoms in total. The van der Waals surface area contributed by atoms with Crippen molar-refractivity contribution >= 4 is 10.8 Å². The number of hydrogen-bond donors (Lipinski definition) is 0. The summed E-state index contributed by atoms with van der Waals surface area (Å²) < 4.78 is 40.8. The van der Waals surface area contributed by atoms with Crippen LogP contribution in [0.25, 0.3) is 10.8 Å². The van der Waals surface area contributed by atoms with Crippen molar-refractivity contribution in [3.63, 3.8) is 0 Å². The molecule has 3 aromatic carbocycles. The van der Waals surface area contributed by atoms with E-state index in [2.05, 4.69) is 30.9 Å². The first-order chi connectivity index (χ1) is 15.5. The maximum atomic E-state index is 13.9. The van der Waals surface area contributed by atoms with Crippen molar-refractivity contribution < 1.29 is 13.2 Å². The monoisotopic (exact) mass is 434 g/mol. The quantitative estimate of drug-likeness (QED) is 0.214. The number of halogens is 3. The van der Waals surface area contributed by atoms with Crippen molar-refractivity contribution in [2.45, 2.75) is 64.2 Å². The lowest BCUT2D eigenvalue weighted by Gasteiger charge is -2.29. The van der Waals surface area contributed by atoms with E-state index in [4.69, 9.17) is 0 Å². The van der Waals surface area contributed by atoms with Gasteiger partial charge in [-0.15, -0.1) is 0 Å². The van der Waals surface area contributed by atoms with Gasteiger partial charge in [0.1, 0.15) is 0 Å². The second-order valence-electron chi connectivity index (χ2n) is 9.01. The van der Waals surface area contributed by atoms with E-state index in [9.17, 15) is 13.2 Å². The molecule has 1 aliphatic carbocycles. The van der Waals surface area contributed by atoms with Gasteiger partial charge in [-0.3, -0.25) is 0 Å². The molecule has 0 saturated heterocycles. The van der Waals surface area contributed by atoms with Crippen LogP contribution in [-0.4, -0.2) is 0 Å². The number of hydrogen-bond acceptors (Lipinski definition) is 0. The summed E-state index contributed by atoms with van der Waals surface area (Å²) in [5, 5.41) is 0.354. The molecule has 1 saturated carbocycles. The Balaban J connectivity index is 1.40. The van der Waals surface area contributed by atoms with Crippen molar-refractivity contribution in [1.82, 2.24) is 0 Å². The molecular formula is C29H29F3. The van der Waals surface area contributed by atoms with Gasteiger partial charge >= 0.3 is 0 Å². The van der Waals surface area contributed by atoms with Crippen LogP contribution < -0.4 is 0 Å². The van der Waals surface area contributed by atoms with Gasteiger partial charge in [0.2, 0.25) is 0 Å². The molecule has 0 aromatic heterocycles. The summed E-state index contributed by atoms with van der Waals surface area (Å²) in [4.78, 5) is 0. The molecule has 0 bridgehead atoms. The summed E-state index contributed by atoms with van der Waals surface area (Å²) in [5.41, 5.74) is 2.92. The fraction of sp³-hybridized carbons (Fsp3) is 0.379. The first-order valence-corrected chi connectivity index (χ1v) is 11.7. The standard InChI is InChI=1S/C29H29F3/c1-2-3-4-5-20-8-13-23(14-9-20)24-15-10-21(11-16-24)6-7-22-12-17-26-25(18-22)19-27(30)29(32)28(26)31/h10-12,15-20,23H,2-5,8-9,13-14H2,1H3. The third-order valence-corrected chi connectivity index (χ3v) is 6.77. The van der Waals surface area contributed by atoms with E-state index < -0.39 is 17.5 Å². The normalized spacial score (nSPS) is 18.4. The molecular weight excluding hydrogens is 405 g/mol. The van der Waals surface area contributed by atoms with Gasteiger partial charge < -0.3 is 0 Å². The maximum Gasteiger partial charge on any atom is 0.195 e. The highest BCUT2D eigenvalue weighted by molar-refractivity contribution is 5.84. The minimum atomic E-state index is -1.44. The fourth-order valence-corrected chi connectivity index (χ4v) is 4.83. The molecule has 4 rings (SSSR count). The van der Waals surface area contributed by atoms with Crippen LogP contribution in [0.1, 0.15) is 80.9 Å². The van der Waals surface area contributed by atoms with Gasteiger partial charge in [-0.05, 0) is 78.8 Å². The first kappa shape index (κ1) is 22.5. The van der Waals surface area contributed by atoms with Crippen molar-refractivity contribution in [1.29, 1.82) is 0 Å². The molecule has 0 N–H and O–H groups in total. The number of benzene rings is 3. The molecule has 3 aromatic rings. The summed E-state index contributed by atoms with van der Waals surface area (Å²) in [6.07, 6.45) is 10.6. The van der Waals surface area contributed by atoms with Crippen LogP contribution in [0, 0.1) is 35.2 Å². The molecule has 0 amide bonds. The molecule has 0 heterocycles. The molecule has 1 aliphatic rings. The Morgan fingerprint density at radius 1 is 0.781 bits per heavy atom. The Morgan fingerprint density at radius 3 is 2.19 bits per heavy atom. The van der Waals surface area contributed by atoms with Gasteiger partial charge in [-0.25, -0.2) is 13.2 Å². The van der Waals surface area contributed by atoms with Crippen LogP contribution in [0.4, 0.5) is 13.2 Å². The van der Waals surface area contributed by atoms with Crippen LogP contribution in [0.2, 0.25) is 0 Å². The van der Waals surface area contributed by atoms with Gasteiger partial charge in [0, 0.05) is 16.5 Å². The van der Waals surface area contributed by atoms with Crippen LogP contribution >= 0.6 is 0 Å². The predicted octanol–water partition coefficient (Wildman–Crippen LogP) is 8.51. The highest BCUT2D eigenvalue weighted by atomic mass is 19.2. The summed E-state index contributed by atoms with van der Waals surface area (Å²) in [7, 11) is 0. The Hall–Kier alpha value is -2.73. The van der Waals surface area contributed by atoms with E-state index in [0.29, 0.717) is 16.9 Å². The van der Waals surface area contributed by atoms with Crippen molar-refractivity contribution in [3.8, 4) is 11.8 Å². The second kappa shape index (κ2) is 10.3. The summed E-state index contributed by atoms with van der Waals surface area (Å²) in [6.45, 7) is 2.26. The van der Waals surface area contributed by atoms with Gasteiger partial charge in [-0.2, -0.15) is 0 Å². The third-order valence-electron chi connectivity index (χ3n) is 6.77. The van der Waals surface area contributed by atoms with Gasteiger partial charge in [0.25, 0.3) is 0 Å². The highest BCUT2D eigenvalue weighted by Gasteiger charge is 2.21. The molecule has 0 unspecified atom stereocenters. The van der Waals surface area contributed by atoms with Gasteiger partial charge in [-0.1, -0.05) is 62.6 Å². The van der Waals surface area contributed by atoms with Crippen LogP contribution in [0.5, 0.6) is 0 Å². The third kappa shape index (κ3) is 5.18. The summed E-state index contributed by atoms with van der Waals surface area (Å²) in [6, 6.07) is 14.1. The molecule has 0 atom stereocenters. The topological polar surface area (TPSA) is 0 Å². The molecule has 0 radical (unpaired) electrons. The van der Waals surface area contributed by atoms with Gasteiger partial charge in [0.05, 0.1) is 0 Å². The van der Waals surface area contributed by atoms with Crippen molar-refractivity contribution in [2.24, 2.45) is 5.92 Å². The molecule has 32 heavy (non-hydrogen) atoms. The minimum absolute atomic E-state index is 0.0545. The molecule has 0 spiro atoms. The van der Waals surface area contributed by atoms with E-state index in [-0.39, 0.29) is 5.39 Å². The van der Waals surface area contributed by atoms with Gasteiger partial charge in [0.15, 0.2) is 17.5 Å². The van der Waals surface area contributed by atoms with Crippen LogP contribution in [0.15, 0.2) is 48.5 Å². The first-order valence-electron chi connectivity index (χ1n) is 11.7. The average Bonchev–Trinajstić information content (AvgIpc) is 2.82. The van der Waals surface area contributed by atoms with E-state index in [0.717, 1.165) is 17.5 Å². The predicted molar refractivity (Wildman–Crippen MR) is 125 cm³/mol. The molecule has 166 valence electrons. The zero-order valence-corrected chi connectivity index (χ0v) is 18.6.